The number of halogens is 1. The lowest BCUT2D eigenvalue weighted by Gasteiger charge is -2.04. The van der Waals surface area contributed by atoms with Crippen molar-refractivity contribution in [2.75, 3.05) is 0 Å². The number of hydrogen-bond acceptors (Lipinski definition) is 3. The minimum Gasteiger partial charge on any atom is -0.457 e. The van der Waals surface area contributed by atoms with E-state index in [9.17, 15) is 4.79 Å². The lowest BCUT2D eigenvalue weighted by atomic mass is 10.2. The van der Waals surface area contributed by atoms with Crippen LogP contribution in [-0.2, 0) is 9.53 Å². The van der Waals surface area contributed by atoms with Crippen molar-refractivity contribution in [2.24, 2.45) is 0 Å². The van der Waals surface area contributed by atoms with Gasteiger partial charge in [-0.2, -0.15) is 0 Å². The molecule has 1 saturated heterocycles. The highest BCUT2D eigenvalue weighted by Gasteiger charge is 2.25. The van der Waals surface area contributed by atoms with E-state index in [-0.39, 0.29) is 12.1 Å². The molecular formula is C8H7BrO2S. The summed E-state index contributed by atoms with van der Waals surface area (Å²) in [6.07, 6.45) is 1.39. The summed E-state index contributed by atoms with van der Waals surface area (Å²) < 4.78 is 6.20. The molecular weight excluding hydrogens is 240 g/mol. The fraction of sp³-hybridized carbons (Fsp3) is 0.375. The molecule has 1 atom stereocenters. The number of esters is 1. The third-order valence-corrected chi connectivity index (χ3v) is 3.51. The van der Waals surface area contributed by atoms with Crippen LogP contribution in [0.15, 0.2) is 15.9 Å². The Balaban J connectivity index is 2.15. The molecule has 1 fully saturated rings. The van der Waals surface area contributed by atoms with E-state index in [4.69, 9.17) is 4.74 Å². The molecule has 1 unspecified atom stereocenters. The van der Waals surface area contributed by atoms with Crippen LogP contribution in [0.5, 0.6) is 0 Å². The average Bonchev–Trinajstić information content (AvgIpc) is 2.58. The molecule has 2 rings (SSSR count). The van der Waals surface area contributed by atoms with E-state index in [1.54, 1.807) is 11.3 Å². The first-order chi connectivity index (χ1) is 5.75. The highest BCUT2D eigenvalue weighted by atomic mass is 79.9. The van der Waals surface area contributed by atoms with Gasteiger partial charge < -0.3 is 4.74 Å². The molecule has 0 radical (unpaired) electrons. The van der Waals surface area contributed by atoms with Gasteiger partial charge in [0.1, 0.15) is 6.10 Å². The minimum atomic E-state index is -0.0791. The van der Waals surface area contributed by atoms with Crippen LogP contribution in [-0.4, -0.2) is 5.97 Å². The molecule has 64 valence electrons. The summed E-state index contributed by atoms with van der Waals surface area (Å²) in [7, 11) is 0. The first-order valence-corrected chi connectivity index (χ1v) is 5.31. The lowest BCUT2D eigenvalue weighted by Crippen LogP contribution is -1.95. The smallest absolute Gasteiger partial charge is 0.306 e. The number of carbonyl (C=O) groups excluding carboxylic acids is 1. The van der Waals surface area contributed by atoms with Crippen LogP contribution in [0.1, 0.15) is 23.8 Å². The zero-order valence-corrected chi connectivity index (χ0v) is 8.65. The van der Waals surface area contributed by atoms with Crippen molar-refractivity contribution in [1.82, 2.24) is 0 Å². The number of hydrogen-bond donors (Lipinski definition) is 0. The third-order valence-electron chi connectivity index (χ3n) is 1.80. The molecule has 1 aliphatic rings. The van der Waals surface area contributed by atoms with E-state index in [1.807, 2.05) is 12.1 Å². The van der Waals surface area contributed by atoms with Crippen LogP contribution >= 0.6 is 27.3 Å². The zero-order valence-electron chi connectivity index (χ0n) is 6.25. The molecule has 1 aromatic heterocycles. The predicted octanol–water partition coefficient (Wildman–Crippen LogP) is 2.89. The van der Waals surface area contributed by atoms with Gasteiger partial charge in [0.05, 0.1) is 3.79 Å². The van der Waals surface area contributed by atoms with Crippen molar-refractivity contribution in [2.45, 2.75) is 18.9 Å². The van der Waals surface area contributed by atoms with Crippen LogP contribution < -0.4 is 0 Å². The molecule has 0 bridgehead atoms. The largest absolute Gasteiger partial charge is 0.457 e. The van der Waals surface area contributed by atoms with E-state index in [2.05, 4.69) is 15.9 Å². The molecule has 12 heavy (non-hydrogen) atoms. The Hall–Kier alpha value is -0.350. The summed E-state index contributed by atoms with van der Waals surface area (Å²) >= 11 is 5.00. The summed E-state index contributed by atoms with van der Waals surface area (Å²) in [5, 5.41) is 0. The van der Waals surface area contributed by atoms with Gasteiger partial charge in [0, 0.05) is 11.3 Å². The van der Waals surface area contributed by atoms with Gasteiger partial charge in [-0.05, 0) is 34.5 Å². The molecule has 0 aliphatic carbocycles. The molecule has 0 aromatic carbocycles. The first-order valence-electron chi connectivity index (χ1n) is 3.70. The topological polar surface area (TPSA) is 26.3 Å². The SMILES string of the molecule is O=C1CCC(c2ccc(Br)s2)O1. The highest BCUT2D eigenvalue weighted by molar-refractivity contribution is 9.11. The molecule has 2 heterocycles. The molecule has 1 aliphatic heterocycles. The summed E-state index contributed by atoms with van der Waals surface area (Å²) in [4.78, 5) is 11.9. The van der Waals surface area contributed by atoms with Crippen LogP contribution in [0.4, 0.5) is 0 Å². The molecule has 4 heteroatoms. The van der Waals surface area contributed by atoms with Crippen LogP contribution in [0.2, 0.25) is 0 Å². The molecule has 0 amide bonds. The number of ether oxygens (including phenoxy) is 1. The van der Waals surface area contributed by atoms with Crippen LogP contribution in [0.25, 0.3) is 0 Å². The maximum atomic E-state index is 10.8. The second kappa shape index (κ2) is 3.18. The first kappa shape index (κ1) is 8.26. The maximum Gasteiger partial charge on any atom is 0.306 e. The van der Waals surface area contributed by atoms with Gasteiger partial charge in [-0.25, -0.2) is 0 Å². The van der Waals surface area contributed by atoms with Gasteiger partial charge in [0.15, 0.2) is 0 Å². The zero-order chi connectivity index (χ0) is 8.55. The lowest BCUT2D eigenvalue weighted by molar-refractivity contribution is -0.141. The highest BCUT2D eigenvalue weighted by Crippen LogP contribution is 2.35. The summed E-state index contributed by atoms with van der Waals surface area (Å²) in [5.74, 6) is -0.0791. The Morgan fingerprint density at radius 3 is 2.92 bits per heavy atom. The average molecular weight is 247 g/mol. The molecule has 0 spiro atoms. The van der Waals surface area contributed by atoms with E-state index in [0.29, 0.717) is 6.42 Å². The Bertz CT molecular complexity index is 308. The summed E-state index contributed by atoms with van der Waals surface area (Å²) in [6.45, 7) is 0. The van der Waals surface area contributed by atoms with Crippen molar-refractivity contribution in [3.63, 3.8) is 0 Å². The van der Waals surface area contributed by atoms with Crippen molar-refractivity contribution in [3.8, 4) is 0 Å². The van der Waals surface area contributed by atoms with Gasteiger partial charge in [0.25, 0.3) is 0 Å². The normalized spacial score (nSPS) is 22.8. The standard InChI is InChI=1S/C8H7BrO2S/c9-7-3-2-6(12-7)5-1-4-8(10)11-5/h2-3,5H,1,4H2. The molecule has 0 N–H and O–H groups in total. The fourth-order valence-electron chi connectivity index (χ4n) is 1.23. The fourth-order valence-corrected chi connectivity index (χ4v) is 2.71. The molecule has 2 nitrogen and oxygen atoms in total. The number of cyclic esters (lactones) is 1. The van der Waals surface area contributed by atoms with Gasteiger partial charge in [-0.1, -0.05) is 0 Å². The number of carbonyl (C=O) groups is 1. The number of rotatable bonds is 1. The van der Waals surface area contributed by atoms with Gasteiger partial charge in [-0.3, -0.25) is 4.79 Å². The van der Waals surface area contributed by atoms with E-state index >= 15 is 0 Å². The van der Waals surface area contributed by atoms with Crippen LogP contribution in [0, 0.1) is 0 Å². The van der Waals surface area contributed by atoms with Crippen molar-refractivity contribution in [1.29, 1.82) is 0 Å². The number of thiophene rings is 1. The monoisotopic (exact) mass is 246 g/mol. The molecule has 1 aromatic rings. The summed E-state index contributed by atoms with van der Waals surface area (Å²) in [5.41, 5.74) is 0. The predicted molar refractivity (Wildman–Crippen MR) is 50.1 cm³/mol. The Morgan fingerprint density at radius 1 is 1.58 bits per heavy atom. The Labute approximate surface area is 82.7 Å². The third kappa shape index (κ3) is 1.54. The Morgan fingerprint density at radius 2 is 2.42 bits per heavy atom. The molecule has 0 saturated carbocycles. The summed E-state index contributed by atoms with van der Waals surface area (Å²) in [6, 6.07) is 3.98. The van der Waals surface area contributed by atoms with Gasteiger partial charge >= 0.3 is 5.97 Å². The van der Waals surface area contributed by atoms with Gasteiger partial charge in [-0.15, -0.1) is 11.3 Å². The van der Waals surface area contributed by atoms with Crippen molar-refractivity contribution in [3.05, 3.63) is 20.8 Å². The Kier molecular flexibility index (Phi) is 2.19. The van der Waals surface area contributed by atoms with Crippen LogP contribution in [0.3, 0.4) is 0 Å². The second-order valence-corrected chi connectivity index (χ2v) is 5.15. The second-order valence-electron chi connectivity index (χ2n) is 2.66. The quantitative estimate of drug-likeness (QED) is 0.713. The van der Waals surface area contributed by atoms with Gasteiger partial charge in [0.2, 0.25) is 0 Å². The van der Waals surface area contributed by atoms with E-state index in [1.165, 1.54) is 0 Å². The minimum absolute atomic E-state index is 0.00815. The van der Waals surface area contributed by atoms with Crippen molar-refractivity contribution >= 4 is 33.2 Å². The van der Waals surface area contributed by atoms with Crippen molar-refractivity contribution < 1.29 is 9.53 Å². The van der Waals surface area contributed by atoms with E-state index < -0.39 is 0 Å². The maximum absolute atomic E-state index is 10.8. The van der Waals surface area contributed by atoms with E-state index in [0.717, 1.165) is 15.1 Å².